The van der Waals surface area contributed by atoms with Gasteiger partial charge in [0.1, 0.15) is 5.82 Å². The molecule has 0 fully saturated rings. The number of hydrogen-bond acceptors (Lipinski definition) is 4. The third kappa shape index (κ3) is 1.23. The predicted octanol–water partition coefficient (Wildman–Crippen LogP) is 0.986. The van der Waals surface area contributed by atoms with Crippen molar-refractivity contribution >= 4 is 5.78 Å². The number of aryl methyl sites for hydroxylation is 1. The Bertz CT molecular complexity index is 693. The zero-order valence-corrected chi connectivity index (χ0v) is 8.47. The van der Waals surface area contributed by atoms with Crippen LogP contribution in [0.3, 0.4) is 0 Å². The number of hydrogen-bond donors (Lipinski definition) is 1. The number of H-pyrrole nitrogens is 1. The highest BCUT2D eigenvalue weighted by molar-refractivity contribution is 5.58. The smallest absolute Gasteiger partial charge is 0.276 e. The number of furan rings is 1. The fourth-order valence-corrected chi connectivity index (χ4v) is 1.56. The lowest BCUT2D eigenvalue weighted by Crippen LogP contribution is -2.14. The number of rotatable bonds is 1. The number of aromatic nitrogens is 4. The second kappa shape index (κ2) is 3.06. The Labute approximate surface area is 89.6 Å². The van der Waals surface area contributed by atoms with Gasteiger partial charge in [0.2, 0.25) is 5.78 Å². The maximum Gasteiger partial charge on any atom is 0.276 e. The van der Waals surface area contributed by atoms with Crippen LogP contribution in [0.5, 0.6) is 0 Å². The van der Waals surface area contributed by atoms with Crippen molar-refractivity contribution in [2.75, 3.05) is 0 Å². The van der Waals surface area contributed by atoms with E-state index in [9.17, 15) is 4.79 Å². The molecule has 6 nitrogen and oxygen atoms in total. The van der Waals surface area contributed by atoms with Crippen LogP contribution in [0, 0.1) is 6.92 Å². The van der Waals surface area contributed by atoms with Gasteiger partial charge in [-0.1, -0.05) is 0 Å². The zero-order valence-electron chi connectivity index (χ0n) is 8.47. The molecule has 1 N–H and O–H groups in total. The Morgan fingerprint density at radius 1 is 1.50 bits per heavy atom. The van der Waals surface area contributed by atoms with Gasteiger partial charge >= 0.3 is 0 Å². The second-order valence-corrected chi connectivity index (χ2v) is 3.43. The van der Waals surface area contributed by atoms with Crippen LogP contribution in [0.2, 0.25) is 0 Å². The molecular formula is C10H8N4O2. The topological polar surface area (TPSA) is 76.2 Å². The molecule has 3 rings (SSSR count). The molecule has 0 aliphatic carbocycles. The number of nitrogens with zero attached hydrogens (tertiary/aromatic N) is 3. The fourth-order valence-electron chi connectivity index (χ4n) is 1.56. The minimum atomic E-state index is -0.217. The molecule has 0 saturated heterocycles. The summed E-state index contributed by atoms with van der Waals surface area (Å²) in [5.41, 5.74) is 1.25. The van der Waals surface area contributed by atoms with Crippen molar-refractivity contribution in [3.8, 4) is 11.3 Å². The summed E-state index contributed by atoms with van der Waals surface area (Å²) < 4.78 is 6.20. The minimum Gasteiger partial charge on any atom is -0.472 e. The van der Waals surface area contributed by atoms with Crippen LogP contribution >= 0.6 is 0 Å². The molecule has 0 amide bonds. The quantitative estimate of drug-likeness (QED) is 0.658. The molecule has 0 atom stereocenters. The average Bonchev–Trinajstić information content (AvgIpc) is 2.84. The van der Waals surface area contributed by atoms with Crippen molar-refractivity contribution in [2.24, 2.45) is 0 Å². The van der Waals surface area contributed by atoms with E-state index in [0.29, 0.717) is 17.3 Å². The Morgan fingerprint density at radius 2 is 2.38 bits per heavy atom. The third-order valence-electron chi connectivity index (χ3n) is 2.27. The molecule has 3 aromatic rings. The molecule has 3 aromatic heterocycles. The van der Waals surface area contributed by atoms with E-state index in [0.717, 1.165) is 5.56 Å². The summed E-state index contributed by atoms with van der Waals surface area (Å²) in [6, 6.07) is 3.23. The van der Waals surface area contributed by atoms with Crippen LogP contribution in [0.25, 0.3) is 17.0 Å². The number of fused-ring (bicyclic) bond motifs is 1. The van der Waals surface area contributed by atoms with Gasteiger partial charge in [0, 0.05) is 11.6 Å². The van der Waals surface area contributed by atoms with Gasteiger partial charge in [-0.05, 0) is 13.0 Å². The van der Waals surface area contributed by atoms with Crippen molar-refractivity contribution in [1.82, 2.24) is 19.6 Å². The molecule has 16 heavy (non-hydrogen) atoms. The molecule has 0 saturated carbocycles. The molecule has 0 aliphatic heterocycles. The van der Waals surface area contributed by atoms with E-state index in [1.807, 2.05) is 0 Å². The predicted molar refractivity (Wildman–Crippen MR) is 56.0 cm³/mol. The summed E-state index contributed by atoms with van der Waals surface area (Å²) in [5.74, 6) is 0.985. The molecule has 3 heterocycles. The van der Waals surface area contributed by atoms with Crippen molar-refractivity contribution in [3.05, 3.63) is 40.8 Å². The fraction of sp³-hybridized carbons (Fsp3) is 0.100. The van der Waals surface area contributed by atoms with Gasteiger partial charge in [0.15, 0.2) is 0 Å². The summed E-state index contributed by atoms with van der Waals surface area (Å²) in [6.07, 6.45) is 3.11. The minimum absolute atomic E-state index is 0.217. The first kappa shape index (κ1) is 8.90. The molecule has 0 aromatic carbocycles. The van der Waals surface area contributed by atoms with Crippen LogP contribution in [0.1, 0.15) is 5.82 Å². The van der Waals surface area contributed by atoms with Gasteiger partial charge < -0.3 is 9.40 Å². The molecular weight excluding hydrogens is 208 g/mol. The Balaban J connectivity index is 2.33. The first-order chi connectivity index (χ1) is 7.74. The van der Waals surface area contributed by atoms with Gasteiger partial charge in [-0.15, -0.1) is 5.10 Å². The van der Waals surface area contributed by atoms with Crippen LogP contribution < -0.4 is 5.56 Å². The summed E-state index contributed by atoms with van der Waals surface area (Å²) >= 11 is 0. The highest BCUT2D eigenvalue weighted by Gasteiger charge is 2.07. The maximum absolute atomic E-state index is 11.7. The van der Waals surface area contributed by atoms with Crippen molar-refractivity contribution in [3.63, 3.8) is 0 Å². The normalized spacial score (nSPS) is 11.1. The van der Waals surface area contributed by atoms with E-state index in [-0.39, 0.29) is 5.56 Å². The molecule has 0 radical (unpaired) electrons. The van der Waals surface area contributed by atoms with Gasteiger partial charge in [-0.25, -0.2) is 0 Å². The largest absolute Gasteiger partial charge is 0.472 e. The van der Waals surface area contributed by atoms with Gasteiger partial charge in [-0.2, -0.15) is 9.50 Å². The Hall–Kier alpha value is -2.37. The zero-order chi connectivity index (χ0) is 11.1. The van der Waals surface area contributed by atoms with Gasteiger partial charge in [-0.3, -0.25) is 4.79 Å². The molecule has 0 bridgehead atoms. The monoisotopic (exact) mass is 216 g/mol. The lowest BCUT2D eigenvalue weighted by atomic mass is 10.2. The maximum atomic E-state index is 11.7. The molecule has 6 heteroatoms. The standard InChI is InChI=1S/C10H8N4O2/c1-6-11-10-12-8(7-2-3-16-5-7)4-9(15)14(10)13-6/h2-5H,1H3,(H,11,12,13). The number of nitrogens with one attached hydrogen (secondary N) is 1. The molecule has 0 aliphatic rings. The van der Waals surface area contributed by atoms with Crippen LogP contribution in [-0.4, -0.2) is 19.6 Å². The molecule has 80 valence electrons. The lowest BCUT2D eigenvalue weighted by Gasteiger charge is -1.97. The van der Waals surface area contributed by atoms with E-state index < -0.39 is 0 Å². The van der Waals surface area contributed by atoms with Crippen molar-refractivity contribution < 1.29 is 4.42 Å². The highest BCUT2D eigenvalue weighted by atomic mass is 16.3. The average molecular weight is 216 g/mol. The molecule has 0 spiro atoms. The first-order valence-electron chi connectivity index (χ1n) is 4.73. The van der Waals surface area contributed by atoms with E-state index in [4.69, 9.17) is 4.42 Å². The van der Waals surface area contributed by atoms with E-state index in [1.54, 1.807) is 25.5 Å². The third-order valence-corrected chi connectivity index (χ3v) is 2.27. The van der Waals surface area contributed by atoms with Crippen LogP contribution in [0.4, 0.5) is 0 Å². The van der Waals surface area contributed by atoms with Crippen molar-refractivity contribution in [1.29, 1.82) is 0 Å². The SMILES string of the molecule is Cc1nc2[nH]c(-c3ccoc3)cc(=O)n2n1. The summed E-state index contributed by atoms with van der Waals surface area (Å²) in [6.45, 7) is 1.73. The summed E-state index contributed by atoms with van der Waals surface area (Å²) in [5, 5.41) is 3.97. The Morgan fingerprint density at radius 3 is 3.12 bits per heavy atom. The van der Waals surface area contributed by atoms with E-state index >= 15 is 0 Å². The van der Waals surface area contributed by atoms with Gasteiger partial charge in [0.05, 0.1) is 18.2 Å². The molecule has 0 unspecified atom stereocenters. The van der Waals surface area contributed by atoms with Crippen LogP contribution in [0.15, 0.2) is 33.9 Å². The Kier molecular flexibility index (Phi) is 1.70. The number of aromatic amines is 1. The van der Waals surface area contributed by atoms with Crippen LogP contribution in [-0.2, 0) is 0 Å². The van der Waals surface area contributed by atoms with E-state index in [2.05, 4.69) is 15.1 Å². The second-order valence-electron chi connectivity index (χ2n) is 3.43. The highest BCUT2D eigenvalue weighted by Crippen LogP contribution is 2.15. The first-order valence-corrected chi connectivity index (χ1v) is 4.73. The summed E-state index contributed by atoms with van der Waals surface area (Å²) in [4.78, 5) is 18.8. The van der Waals surface area contributed by atoms with Crippen molar-refractivity contribution in [2.45, 2.75) is 6.92 Å². The summed E-state index contributed by atoms with van der Waals surface area (Å²) in [7, 11) is 0. The van der Waals surface area contributed by atoms with Gasteiger partial charge in [0.25, 0.3) is 5.56 Å². The van der Waals surface area contributed by atoms with E-state index in [1.165, 1.54) is 10.6 Å². The lowest BCUT2D eigenvalue weighted by molar-refractivity contribution is 0.568.